The molecule has 1 fully saturated rings. The average Bonchev–Trinajstić information content (AvgIpc) is 2.85. The van der Waals surface area contributed by atoms with Gasteiger partial charge in [-0.1, -0.05) is 36.0 Å². The number of hydrogen-bond donors (Lipinski definition) is 0. The van der Waals surface area contributed by atoms with Crippen LogP contribution in [0.1, 0.15) is 38.1 Å². The second-order valence-corrected chi connectivity index (χ2v) is 9.71. The molecule has 0 spiro atoms. The highest BCUT2D eigenvalue weighted by Gasteiger charge is 2.25. The van der Waals surface area contributed by atoms with Gasteiger partial charge in [0, 0.05) is 76.9 Å². The van der Waals surface area contributed by atoms with E-state index in [1.807, 2.05) is 0 Å². The molecule has 5 nitrogen and oxygen atoms in total. The Morgan fingerprint density at radius 1 is 1.13 bits per heavy atom. The summed E-state index contributed by atoms with van der Waals surface area (Å²) in [5, 5.41) is 0. The molecule has 7 heteroatoms. The zero-order chi connectivity index (χ0) is 34.6. The molecule has 0 unspecified atom stereocenters. The fourth-order valence-electron chi connectivity index (χ4n) is 2.86. The molecule has 0 radical (unpaired) electrons. The van der Waals surface area contributed by atoms with E-state index in [0.717, 1.165) is 4.31 Å². The first-order valence-electron chi connectivity index (χ1n) is 16.3. The number of sulfonamides is 1. The van der Waals surface area contributed by atoms with E-state index in [1.54, 1.807) is 24.3 Å². The number of hydrogen-bond acceptors (Lipinski definition) is 5. The summed E-state index contributed by atoms with van der Waals surface area (Å²) in [6, 6.07) is 10.6. The molecule has 2 aliphatic rings. The van der Waals surface area contributed by atoms with Gasteiger partial charge in [0.15, 0.2) is 0 Å². The minimum Gasteiger partial charge on any atom is -0.304 e. The van der Waals surface area contributed by atoms with Crippen molar-refractivity contribution in [3.05, 3.63) is 59.7 Å². The molecule has 2 aromatic carbocycles. The Kier molecular flexibility index (Phi) is 2.91. The zero-order valence-corrected chi connectivity index (χ0v) is 17.7. The van der Waals surface area contributed by atoms with Gasteiger partial charge in [0.2, 0.25) is 10.0 Å². The van der Waals surface area contributed by atoms with Crippen molar-refractivity contribution in [1.82, 2.24) is 14.1 Å². The minimum absolute atomic E-state index is 0.0442. The van der Waals surface area contributed by atoms with E-state index >= 15 is 0 Å². The Labute approximate surface area is 205 Å². The molecule has 0 aromatic heterocycles. The van der Waals surface area contributed by atoms with Crippen molar-refractivity contribution >= 4 is 27.4 Å². The molecule has 0 N–H and O–H groups in total. The highest BCUT2D eigenvalue weighted by molar-refractivity contribution is 7.99. The van der Waals surface area contributed by atoms with Crippen LogP contribution in [0, 0.1) is 0 Å². The highest BCUT2D eigenvalue weighted by atomic mass is 32.2. The number of likely N-dealkylation sites (N-methyl/N-ethyl adjacent to an activating group) is 1. The number of benzene rings is 2. The molecule has 2 aromatic rings. The SMILES string of the molecule is [2H]C([2H])([2H])N1C([2H])([2H])C([2H])([2H])N(C([2H])([2H])C([2H])([2H])/C=C2/c3ccccc3Sc3ccc(S(=O)(=O)N(C)C)cc32)C([2H])([2H])C1([2H])[2H]. The summed E-state index contributed by atoms with van der Waals surface area (Å²) in [5.74, 6) is 0. The lowest BCUT2D eigenvalue weighted by Crippen LogP contribution is -2.44. The summed E-state index contributed by atoms with van der Waals surface area (Å²) >= 11 is 1.22. The van der Waals surface area contributed by atoms with Gasteiger partial charge in [-0.15, -0.1) is 0 Å². The van der Waals surface area contributed by atoms with Crippen molar-refractivity contribution in [2.75, 3.05) is 53.6 Å². The second-order valence-electron chi connectivity index (χ2n) is 6.48. The lowest BCUT2D eigenvalue weighted by atomic mass is 9.96. The smallest absolute Gasteiger partial charge is 0.242 e. The van der Waals surface area contributed by atoms with Crippen molar-refractivity contribution in [2.24, 2.45) is 0 Å². The van der Waals surface area contributed by atoms with Crippen LogP contribution in [0.15, 0.2) is 63.2 Å². The van der Waals surface area contributed by atoms with Gasteiger partial charge in [-0.3, -0.25) is 0 Å². The second kappa shape index (κ2) is 8.85. The molecular formula is C23H29N3O2S2. The first-order valence-corrected chi connectivity index (χ1v) is 11.0. The first-order chi connectivity index (χ1) is 20.1. The predicted molar refractivity (Wildman–Crippen MR) is 124 cm³/mol. The molecule has 160 valence electrons. The topological polar surface area (TPSA) is 43.9 Å². The maximum atomic E-state index is 12.9. The standard InChI is InChI=1S/C23H29N3O2S2/c1-24(2)30(27,28)18-10-11-23-21(17-18)19(20-7-4-5-9-22(20)29-23)8-6-12-26-15-13-25(3)14-16-26/h4-5,7-11,17H,6,12-16H2,1-3H3/b19-8-/i3D3,6D2,12D2,13D2,14D2,15D2,16D2. The molecule has 1 saturated heterocycles. The van der Waals surface area contributed by atoms with E-state index in [4.69, 9.17) is 20.6 Å². The zero-order valence-electron chi connectivity index (χ0n) is 31.1. The molecule has 0 bridgehead atoms. The van der Waals surface area contributed by atoms with Gasteiger partial charge in [-0.2, -0.15) is 0 Å². The summed E-state index contributed by atoms with van der Waals surface area (Å²) in [5.41, 5.74) is 0.445. The summed E-state index contributed by atoms with van der Waals surface area (Å²) in [7, 11) is -1.36. The van der Waals surface area contributed by atoms with Crippen LogP contribution in [0.2, 0.25) is 0 Å². The van der Waals surface area contributed by atoms with E-state index in [9.17, 15) is 8.42 Å². The molecule has 2 heterocycles. The monoisotopic (exact) mass is 458 g/mol. The molecule has 0 aliphatic carbocycles. The maximum Gasteiger partial charge on any atom is 0.242 e. The van der Waals surface area contributed by atoms with Crippen LogP contribution < -0.4 is 0 Å². The predicted octanol–water partition coefficient (Wildman–Crippen LogP) is 3.47. The number of piperazine rings is 1. The van der Waals surface area contributed by atoms with Crippen molar-refractivity contribution < 1.29 is 29.0 Å². The van der Waals surface area contributed by atoms with Crippen molar-refractivity contribution in [3.63, 3.8) is 0 Å². The summed E-state index contributed by atoms with van der Waals surface area (Å²) in [6.45, 7) is -23.4. The fraction of sp³-hybridized carbons (Fsp3) is 0.391. The van der Waals surface area contributed by atoms with Crippen LogP contribution in [0.25, 0.3) is 5.57 Å². The summed E-state index contributed by atoms with van der Waals surface area (Å²) < 4.78 is 152. The lowest BCUT2D eigenvalue weighted by molar-refractivity contribution is 0.156. The van der Waals surface area contributed by atoms with Crippen LogP contribution in [-0.2, 0) is 10.0 Å². The van der Waals surface area contributed by atoms with E-state index in [2.05, 4.69) is 0 Å². The lowest BCUT2D eigenvalue weighted by Gasteiger charge is -2.32. The third-order valence-electron chi connectivity index (χ3n) is 4.36. The Hall–Kier alpha value is -1.64. The van der Waals surface area contributed by atoms with Crippen LogP contribution in [0.4, 0.5) is 0 Å². The third kappa shape index (κ3) is 4.36. The Morgan fingerprint density at radius 3 is 2.60 bits per heavy atom. The normalized spacial score (nSPS) is 34.6. The van der Waals surface area contributed by atoms with Gasteiger partial charge >= 0.3 is 0 Å². The van der Waals surface area contributed by atoms with E-state index in [-0.39, 0.29) is 16.0 Å². The van der Waals surface area contributed by atoms with Gasteiger partial charge < -0.3 is 9.80 Å². The highest BCUT2D eigenvalue weighted by Crippen LogP contribution is 2.46. The van der Waals surface area contributed by atoms with Gasteiger partial charge in [-0.25, -0.2) is 12.7 Å². The van der Waals surface area contributed by atoms with Crippen LogP contribution in [-0.4, -0.2) is 76.1 Å². The third-order valence-corrected chi connectivity index (χ3v) is 7.32. The summed E-state index contributed by atoms with van der Waals surface area (Å²) in [4.78, 5) is -0.330. The Balaban J connectivity index is 1.99. The molecule has 0 atom stereocenters. The fourth-order valence-corrected chi connectivity index (χ4v) is 4.87. The molecule has 0 saturated carbocycles. The molecular weight excluding hydrogens is 414 g/mol. The van der Waals surface area contributed by atoms with Crippen molar-refractivity contribution in [2.45, 2.75) is 21.1 Å². The van der Waals surface area contributed by atoms with Gasteiger partial charge in [0.05, 0.1) is 4.90 Å². The van der Waals surface area contributed by atoms with Crippen molar-refractivity contribution in [1.29, 1.82) is 0 Å². The molecule has 30 heavy (non-hydrogen) atoms. The van der Waals surface area contributed by atoms with Gasteiger partial charge in [0.1, 0.15) is 0 Å². The van der Waals surface area contributed by atoms with E-state index < -0.39 is 65.7 Å². The molecule has 4 rings (SSSR count). The quantitative estimate of drug-likeness (QED) is 0.586. The first kappa shape index (κ1) is 9.88. The molecule has 2 aliphatic heterocycles. The number of nitrogens with zero attached hydrogens (tertiary/aromatic N) is 3. The maximum absolute atomic E-state index is 12.9. The van der Waals surface area contributed by atoms with Gasteiger partial charge in [-0.05, 0) is 54.3 Å². The van der Waals surface area contributed by atoms with Crippen LogP contribution in [0.5, 0.6) is 0 Å². The average molecular weight is 459 g/mol. The van der Waals surface area contributed by atoms with Crippen molar-refractivity contribution in [3.8, 4) is 0 Å². The van der Waals surface area contributed by atoms with Gasteiger partial charge in [0.25, 0.3) is 0 Å². The minimum atomic E-state index is -3.99. The van der Waals surface area contributed by atoms with E-state index in [0.29, 0.717) is 21.4 Å². The van der Waals surface area contributed by atoms with E-state index in [1.165, 1.54) is 44.1 Å². The van der Waals surface area contributed by atoms with Crippen LogP contribution >= 0.6 is 11.8 Å². The largest absolute Gasteiger partial charge is 0.304 e. The Bertz CT molecular complexity index is 1630. The Morgan fingerprint density at radius 2 is 1.87 bits per heavy atom. The summed E-state index contributed by atoms with van der Waals surface area (Å²) in [6.07, 6.45) is -2.76. The number of fused-ring (bicyclic) bond motifs is 2. The molecule has 0 amide bonds. The number of rotatable bonds is 5. The van der Waals surface area contributed by atoms with Crippen LogP contribution in [0.3, 0.4) is 0 Å².